The molecule has 3 rings (SSSR count). The number of halogens is 1. The summed E-state index contributed by atoms with van der Waals surface area (Å²) < 4.78 is 1.28. The van der Waals surface area contributed by atoms with E-state index in [1.54, 1.807) is 13.2 Å². The van der Waals surface area contributed by atoms with E-state index in [9.17, 15) is 4.79 Å². The number of aryl methyl sites for hydroxylation is 1. The maximum atomic E-state index is 11.9. The zero-order valence-corrected chi connectivity index (χ0v) is 14.1. The van der Waals surface area contributed by atoms with Gasteiger partial charge in [-0.3, -0.25) is 9.69 Å². The van der Waals surface area contributed by atoms with Crippen molar-refractivity contribution < 1.29 is 0 Å². The van der Waals surface area contributed by atoms with E-state index in [1.807, 2.05) is 0 Å². The van der Waals surface area contributed by atoms with Crippen LogP contribution in [0, 0.1) is 5.92 Å². The van der Waals surface area contributed by atoms with Crippen LogP contribution in [0.2, 0.25) is 5.02 Å². The predicted molar refractivity (Wildman–Crippen MR) is 89.7 cm³/mol. The molecule has 0 unspecified atom stereocenters. The van der Waals surface area contributed by atoms with E-state index in [0.717, 1.165) is 37.8 Å². The van der Waals surface area contributed by atoms with Crippen LogP contribution in [0.25, 0.3) is 0 Å². The largest absolute Gasteiger partial charge is 0.366 e. The van der Waals surface area contributed by atoms with Crippen molar-refractivity contribution >= 4 is 17.3 Å². The van der Waals surface area contributed by atoms with Gasteiger partial charge in [0.05, 0.1) is 11.9 Å². The normalized spacial score (nSPS) is 21.3. The average Bonchev–Trinajstić information content (AvgIpc) is 2.55. The van der Waals surface area contributed by atoms with E-state index in [4.69, 9.17) is 11.6 Å². The van der Waals surface area contributed by atoms with Crippen LogP contribution in [0.15, 0.2) is 11.0 Å². The van der Waals surface area contributed by atoms with Crippen LogP contribution in [-0.4, -0.2) is 47.4 Å². The van der Waals surface area contributed by atoms with Crippen LogP contribution in [-0.2, 0) is 7.05 Å². The summed E-state index contributed by atoms with van der Waals surface area (Å²) in [7, 11) is 1.63. The predicted octanol–water partition coefficient (Wildman–Crippen LogP) is 2.14. The third-order valence-corrected chi connectivity index (χ3v) is 5.37. The molecule has 1 aliphatic heterocycles. The molecule has 0 N–H and O–H groups in total. The molecule has 1 aromatic heterocycles. The van der Waals surface area contributed by atoms with Crippen molar-refractivity contribution in [1.82, 2.24) is 14.7 Å². The van der Waals surface area contributed by atoms with E-state index in [2.05, 4.69) is 14.9 Å². The lowest BCUT2D eigenvalue weighted by Gasteiger charge is -2.38. The van der Waals surface area contributed by atoms with Gasteiger partial charge in [-0.1, -0.05) is 30.9 Å². The Balaban J connectivity index is 1.57. The molecule has 0 atom stereocenters. The fraction of sp³-hybridized carbons (Fsp3) is 0.750. The molecule has 2 fully saturated rings. The number of rotatable bonds is 3. The molecule has 1 saturated carbocycles. The lowest BCUT2D eigenvalue weighted by molar-refractivity contribution is 0.192. The highest BCUT2D eigenvalue weighted by molar-refractivity contribution is 6.33. The van der Waals surface area contributed by atoms with Gasteiger partial charge >= 0.3 is 0 Å². The zero-order valence-electron chi connectivity index (χ0n) is 13.3. The first-order valence-electron chi connectivity index (χ1n) is 8.34. The molecule has 5 nitrogen and oxygen atoms in total. The molecule has 122 valence electrons. The van der Waals surface area contributed by atoms with Crippen molar-refractivity contribution in [2.24, 2.45) is 13.0 Å². The second kappa shape index (κ2) is 7.01. The molecular weight excluding hydrogens is 300 g/mol. The lowest BCUT2D eigenvalue weighted by atomic mass is 9.89. The van der Waals surface area contributed by atoms with Crippen LogP contribution in [0.3, 0.4) is 0 Å². The second-order valence-corrected chi connectivity index (χ2v) is 6.94. The van der Waals surface area contributed by atoms with Gasteiger partial charge in [0.2, 0.25) is 0 Å². The summed E-state index contributed by atoms with van der Waals surface area (Å²) in [5.41, 5.74) is 0.561. The fourth-order valence-corrected chi connectivity index (χ4v) is 3.92. The Morgan fingerprint density at radius 1 is 1.18 bits per heavy atom. The molecule has 1 aliphatic carbocycles. The Morgan fingerprint density at radius 3 is 2.55 bits per heavy atom. The van der Waals surface area contributed by atoms with E-state index in [1.165, 1.54) is 43.3 Å². The standard InChI is InChI=1S/C16H25ClN4O/c1-19-16(22)15(17)14(11-18-19)21-9-7-20(8-10-21)12-13-5-3-2-4-6-13/h11,13H,2-10,12H2,1H3. The van der Waals surface area contributed by atoms with Gasteiger partial charge in [0.25, 0.3) is 5.56 Å². The first kappa shape index (κ1) is 15.8. The number of piperazine rings is 1. The number of aromatic nitrogens is 2. The van der Waals surface area contributed by atoms with Crippen LogP contribution >= 0.6 is 11.6 Å². The van der Waals surface area contributed by atoms with Gasteiger partial charge in [-0.05, 0) is 18.8 Å². The Hall–Kier alpha value is -1.07. The van der Waals surface area contributed by atoms with E-state index >= 15 is 0 Å². The summed E-state index contributed by atoms with van der Waals surface area (Å²) in [6, 6.07) is 0. The van der Waals surface area contributed by atoms with Gasteiger partial charge in [0.1, 0.15) is 5.02 Å². The first-order chi connectivity index (χ1) is 10.6. The summed E-state index contributed by atoms with van der Waals surface area (Å²) in [5, 5.41) is 4.38. The molecule has 0 spiro atoms. The Labute approximate surface area is 136 Å². The van der Waals surface area contributed by atoms with Gasteiger partial charge < -0.3 is 4.90 Å². The van der Waals surface area contributed by atoms with Gasteiger partial charge in [0, 0.05) is 39.8 Å². The van der Waals surface area contributed by atoms with Gasteiger partial charge in [-0.25, -0.2) is 4.68 Å². The third kappa shape index (κ3) is 3.46. The quantitative estimate of drug-likeness (QED) is 0.854. The van der Waals surface area contributed by atoms with Crippen molar-refractivity contribution in [1.29, 1.82) is 0 Å². The lowest BCUT2D eigenvalue weighted by Crippen LogP contribution is -2.48. The smallest absolute Gasteiger partial charge is 0.287 e. The maximum Gasteiger partial charge on any atom is 0.287 e. The van der Waals surface area contributed by atoms with Crippen LogP contribution < -0.4 is 10.5 Å². The molecular formula is C16H25ClN4O. The topological polar surface area (TPSA) is 41.4 Å². The molecule has 1 saturated heterocycles. The second-order valence-electron chi connectivity index (χ2n) is 6.56. The third-order valence-electron chi connectivity index (χ3n) is 5.01. The number of hydrogen-bond acceptors (Lipinski definition) is 4. The van der Waals surface area contributed by atoms with Crippen LogP contribution in [0.1, 0.15) is 32.1 Å². The highest BCUT2D eigenvalue weighted by Gasteiger charge is 2.23. The fourth-order valence-electron chi connectivity index (χ4n) is 3.63. The summed E-state index contributed by atoms with van der Waals surface area (Å²) >= 11 is 6.20. The van der Waals surface area contributed by atoms with Gasteiger partial charge in [-0.2, -0.15) is 5.10 Å². The number of anilines is 1. The number of hydrogen-bond donors (Lipinski definition) is 0. The summed E-state index contributed by atoms with van der Waals surface area (Å²) in [5.74, 6) is 0.884. The summed E-state index contributed by atoms with van der Waals surface area (Å²) in [6.07, 6.45) is 8.72. The Kier molecular flexibility index (Phi) is 5.03. The minimum atomic E-state index is -0.219. The van der Waals surface area contributed by atoms with E-state index < -0.39 is 0 Å². The highest BCUT2D eigenvalue weighted by Crippen LogP contribution is 2.26. The zero-order chi connectivity index (χ0) is 15.5. The molecule has 2 aliphatic rings. The van der Waals surface area contributed by atoms with Crippen molar-refractivity contribution in [2.45, 2.75) is 32.1 Å². The molecule has 22 heavy (non-hydrogen) atoms. The Bertz CT molecular complexity index is 560. The van der Waals surface area contributed by atoms with Crippen molar-refractivity contribution in [3.63, 3.8) is 0 Å². The van der Waals surface area contributed by atoms with Crippen molar-refractivity contribution in [2.75, 3.05) is 37.6 Å². The minimum Gasteiger partial charge on any atom is -0.366 e. The van der Waals surface area contributed by atoms with Gasteiger partial charge in [-0.15, -0.1) is 0 Å². The monoisotopic (exact) mass is 324 g/mol. The SMILES string of the molecule is Cn1ncc(N2CCN(CC3CCCCC3)CC2)c(Cl)c1=O. The van der Waals surface area contributed by atoms with Crippen molar-refractivity contribution in [3.05, 3.63) is 21.6 Å². The molecule has 0 radical (unpaired) electrons. The molecule has 0 amide bonds. The Morgan fingerprint density at radius 2 is 1.86 bits per heavy atom. The van der Waals surface area contributed by atoms with Gasteiger partial charge in [0.15, 0.2) is 0 Å². The summed E-state index contributed by atoms with van der Waals surface area (Å²) in [4.78, 5) is 16.6. The molecule has 0 aromatic carbocycles. The van der Waals surface area contributed by atoms with Crippen LogP contribution in [0.4, 0.5) is 5.69 Å². The summed E-state index contributed by atoms with van der Waals surface area (Å²) in [6.45, 7) is 5.16. The van der Waals surface area contributed by atoms with Crippen LogP contribution in [0.5, 0.6) is 0 Å². The number of nitrogens with zero attached hydrogens (tertiary/aromatic N) is 4. The minimum absolute atomic E-state index is 0.219. The maximum absolute atomic E-state index is 11.9. The van der Waals surface area contributed by atoms with E-state index in [0.29, 0.717) is 5.02 Å². The van der Waals surface area contributed by atoms with Crippen molar-refractivity contribution in [3.8, 4) is 0 Å². The first-order valence-corrected chi connectivity index (χ1v) is 8.72. The molecule has 6 heteroatoms. The van der Waals surface area contributed by atoms with E-state index in [-0.39, 0.29) is 5.56 Å². The highest BCUT2D eigenvalue weighted by atomic mass is 35.5. The molecule has 2 heterocycles. The molecule has 1 aromatic rings. The molecule has 0 bridgehead atoms. The average molecular weight is 325 g/mol.